The summed E-state index contributed by atoms with van der Waals surface area (Å²) in [7, 11) is 0. The van der Waals surface area contributed by atoms with Crippen LogP contribution in [-0.2, 0) is 11.2 Å². The molecule has 4 aromatic rings. The summed E-state index contributed by atoms with van der Waals surface area (Å²) in [4.78, 5) is 21.2. The van der Waals surface area contributed by atoms with Crippen molar-refractivity contribution >= 4 is 28.0 Å². The molecule has 2 aromatic carbocycles. The number of benzene rings is 2. The van der Waals surface area contributed by atoms with Crippen molar-refractivity contribution in [1.29, 1.82) is 0 Å². The Kier molecular flexibility index (Phi) is 4.94. The Morgan fingerprint density at radius 2 is 1.96 bits per heavy atom. The van der Waals surface area contributed by atoms with E-state index in [4.69, 9.17) is 0 Å². The molecule has 1 N–H and O–H groups in total. The van der Waals surface area contributed by atoms with E-state index in [0.29, 0.717) is 0 Å². The summed E-state index contributed by atoms with van der Waals surface area (Å²) in [6.45, 7) is 2.02. The van der Waals surface area contributed by atoms with E-state index in [0.717, 1.165) is 21.8 Å². The third-order valence-electron chi connectivity index (χ3n) is 4.47. The average molecular weight is 373 g/mol. The average Bonchev–Trinajstić information content (AvgIpc) is 3.16. The number of fused-ring (bicyclic) bond motifs is 1. The number of amides is 1. The Morgan fingerprint density at radius 1 is 1.11 bits per heavy atom. The zero-order valence-electron chi connectivity index (χ0n) is 14.9. The molecular formula is C22H19N3OS. The van der Waals surface area contributed by atoms with Crippen LogP contribution < -0.4 is 5.32 Å². The minimum atomic E-state index is -0.0694. The summed E-state index contributed by atoms with van der Waals surface area (Å²) in [5, 5.41) is 8.26. The number of hydrogen-bond acceptors (Lipinski definition) is 4. The lowest BCUT2D eigenvalue weighted by molar-refractivity contribution is -0.121. The molecule has 2 heterocycles. The first kappa shape index (κ1) is 17.4. The number of pyridine rings is 1. The van der Waals surface area contributed by atoms with Crippen LogP contribution in [0.1, 0.15) is 24.2 Å². The Hall–Kier alpha value is -3.05. The topological polar surface area (TPSA) is 54.9 Å². The largest absolute Gasteiger partial charge is 0.349 e. The van der Waals surface area contributed by atoms with Crippen LogP contribution in [0.5, 0.6) is 0 Å². The van der Waals surface area contributed by atoms with Gasteiger partial charge in [0.25, 0.3) is 0 Å². The predicted octanol–water partition coefficient (Wildman–Crippen LogP) is 4.78. The first-order chi connectivity index (χ1) is 13.2. The Labute approximate surface area is 161 Å². The van der Waals surface area contributed by atoms with Crippen LogP contribution in [0.4, 0.5) is 0 Å². The first-order valence-corrected chi connectivity index (χ1v) is 9.70. The van der Waals surface area contributed by atoms with Gasteiger partial charge >= 0.3 is 0 Å². The highest BCUT2D eigenvalue weighted by molar-refractivity contribution is 7.13. The zero-order chi connectivity index (χ0) is 18.6. The van der Waals surface area contributed by atoms with Crippen LogP contribution in [0.15, 0.2) is 72.4 Å². The van der Waals surface area contributed by atoms with Gasteiger partial charge in [-0.25, -0.2) is 4.98 Å². The number of aromatic nitrogens is 2. The molecule has 0 fully saturated rings. The van der Waals surface area contributed by atoms with Gasteiger partial charge < -0.3 is 5.32 Å². The molecule has 0 bridgehead atoms. The van der Waals surface area contributed by atoms with E-state index < -0.39 is 0 Å². The second-order valence-corrected chi connectivity index (χ2v) is 7.28. The van der Waals surface area contributed by atoms with Gasteiger partial charge in [0.1, 0.15) is 5.01 Å². The molecule has 5 heteroatoms. The SMILES string of the molecule is CC(NC(=O)Cc1csc(-c2cccnc2)n1)c1cccc2ccccc12. The van der Waals surface area contributed by atoms with Gasteiger partial charge in [-0.1, -0.05) is 42.5 Å². The van der Waals surface area contributed by atoms with Crippen LogP contribution in [0.3, 0.4) is 0 Å². The molecular weight excluding hydrogens is 354 g/mol. The maximum atomic E-state index is 12.5. The van der Waals surface area contributed by atoms with Crippen molar-refractivity contribution in [3.05, 3.63) is 83.6 Å². The molecule has 2 aromatic heterocycles. The van der Waals surface area contributed by atoms with Crippen molar-refractivity contribution in [1.82, 2.24) is 15.3 Å². The molecule has 0 saturated heterocycles. The molecule has 1 amide bonds. The van der Waals surface area contributed by atoms with E-state index in [1.54, 1.807) is 12.4 Å². The number of carbonyl (C=O) groups is 1. The second kappa shape index (κ2) is 7.68. The van der Waals surface area contributed by atoms with Gasteiger partial charge in [-0.3, -0.25) is 9.78 Å². The van der Waals surface area contributed by atoms with Crippen LogP contribution in [0.2, 0.25) is 0 Å². The highest BCUT2D eigenvalue weighted by Crippen LogP contribution is 2.25. The van der Waals surface area contributed by atoms with E-state index in [1.807, 2.05) is 42.6 Å². The minimum Gasteiger partial charge on any atom is -0.349 e. The van der Waals surface area contributed by atoms with Crippen molar-refractivity contribution in [2.75, 3.05) is 0 Å². The molecule has 0 spiro atoms. The van der Waals surface area contributed by atoms with Crippen LogP contribution in [0, 0.1) is 0 Å². The van der Waals surface area contributed by atoms with Gasteiger partial charge in [-0.15, -0.1) is 11.3 Å². The third kappa shape index (κ3) is 3.88. The van der Waals surface area contributed by atoms with Gasteiger partial charge in [-0.05, 0) is 35.4 Å². The molecule has 0 saturated carbocycles. The summed E-state index contributed by atoms with van der Waals surface area (Å²) >= 11 is 1.53. The minimum absolute atomic E-state index is 0.0292. The Bertz CT molecular complexity index is 1070. The second-order valence-electron chi connectivity index (χ2n) is 6.42. The van der Waals surface area contributed by atoms with Crippen LogP contribution >= 0.6 is 11.3 Å². The van der Waals surface area contributed by atoms with Gasteiger partial charge in [0.2, 0.25) is 5.91 Å². The van der Waals surface area contributed by atoms with Gasteiger partial charge in [0, 0.05) is 23.3 Å². The van der Waals surface area contributed by atoms with Crippen molar-refractivity contribution in [2.45, 2.75) is 19.4 Å². The quantitative estimate of drug-likeness (QED) is 0.548. The smallest absolute Gasteiger partial charge is 0.226 e. The Balaban J connectivity index is 1.46. The predicted molar refractivity (Wildman–Crippen MR) is 110 cm³/mol. The molecule has 134 valence electrons. The van der Waals surface area contributed by atoms with Crippen LogP contribution in [0.25, 0.3) is 21.3 Å². The summed E-state index contributed by atoms with van der Waals surface area (Å²) in [5.74, 6) is -0.0292. The van der Waals surface area contributed by atoms with Crippen molar-refractivity contribution in [3.8, 4) is 10.6 Å². The number of nitrogens with one attached hydrogen (secondary N) is 1. The fourth-order valence-corrected chi connectivity index (χ4v) is 3.98. The highest BCUT2D eigenvalue weighted by atomic mass is 32.1. The molecule has 0 radical (unpaired) electrons. The van der Waals surface area contributed by atoms with Crippen LogP contribution in [-0.4, -0.2) is 15.9 Å². The number of carbonyl (C=O) groups excluding carboxylic acids is 1. The Morgan fingerprint density at radius 3 is 2.81 bits per heavy atom. The maximum absolute atomic E-state index is 12.5. The first-order valence-electron chi connectivity index (χ1n) is 8.82. The van der Waals surface area contributed by atoms with E-state index in [2.05, 4.69) is 39.6 Å². The summed E-state index contributed by atoms with van der Waals surface area (Å²) in [5.41, 5.74) is 2.87. The molecule has 1 atom stereocenters. The molecule has 0 aliphatic rings. The zero-order valence-corrected chi connectivity index (χ0v) is 15.7. The van der Waals surface area contributed by atoms with Gasteiger partial charge in [0.05, 0.1) is 18.2 Å². The lowest BCUT2D eigenvalue weighted by Gasteiger charge is -2.16. The summed E-state index contributed by atoms with van der Waals surface area (Å²) in [6.07, 6.45) is 3.79. The molecule has 4 rings (SSSR count). The van der Waals surface area contributed by atoms with E-state index in [1.165, 1.54) is 22.1 Å². The van der Waals surface area contributed by atoms with E-state index in [9.17, 15) is 4.79 Å². The fourth-order valence-electron chi connectivity index (χ4n) is 3.17. The lowest BCUT2D eigenvalue weighted by atomic mass is 9.99. The van der Waals surface area contributed by atoms with Gasteiger partial charge in [-0.2, -0.15) is 0 Å². The number of hydrogen-bond donors (Lipinski definition) is 1. The van der Waals surface area contributed by atoms with E-state index in [-0.39, 0.29) is 18.4 Å². The molecule has 0 aliphatic carbocycles. The molecule has 4 nitrogen and oxygen atoms in total. The summed E-state index contributed by atoms with van der Waals surface area (Å²) < 4.78 is 0. The van der Waals surface area contributed by atoms with Crippen molar-refractivity contribution < 1.29 is 4.79 Å². The number of thiazole rings is 1. The number of rotatable bonds is 5. The lowest BCUT2D eigenvalue weighted by Crippen LogP contribution is -2.28. The fraction of sp³-hybridized carbons (Fsp3) is 0.136. The third-order valence-corrected chi connectivity index (χ3v) is 5.41. The standard InChI is InChI=1S/C22H19N3OS/c1-15(19-10-4-7-16-6-2-3-9-20(16)19)24-21(26)12-18-14-27-22(25-18)17-8-5-11-23-13-17/h2-11,13-15H,12H2,1H3,(H,24,26). The normalized spacial score (nSPS) is 12.0. The molecule has 1 unspecified atom stereocenters. The summed E-state index contributed by atoms with van der Waals surface area (Å²) in [6, 6.07) is 18.2. The monoisotopic (exact) mass is 373 g/mol. The number of nitrogens with zero attached hydrogens (tertiary/aromatic N) is 2. The van der Waals surface area contributed by atoms with Crippen molar-refractivity contribution in [2.24, 2.45) is 0 Å². The molecule has 27 heavy (non-hydrogen) atoms. The molecule has 0 aliphatic heterocycles. The van der Waals surface area contributed by atoms with E-state index >= 15 is 0 Å². The highest BCUT2D eigenvalue weighted by Gasteiger charge is 2.14. The van der Waals surface area contributed by atoms with Gasteiger partial charge in [0.15, 0.2) is 0 Å². The maximum Gasteiger partial charge on any atom is 0.226 e. The van der Waals surface area contributed by atoms with Crippen molar-refractivity contribution in [3.63, 3.8) is 0 Å².